The van der Waals surface area contributed by atoms with Crippen LogP contribution >= 0.6 is 0 Å². The van der Waals surface area contributed by atoms with E-state index in [-0.39, 0.29) is 24.5 Å². The van der Waals surface area contributed by atoms with Crippen molar-refractivity contribution in [3.8, 4) is 0 Å². The van der Waals surface area contributed by atoms with E-state index in [1.54, 1.807) is 26.1 Å². The number of aliphatic hydroxyl groups is 1. The molecule has 0 spiro atoms. The summed E-state index contributed by atoms with van der Waals surface area (Å²) < 4.78 is 0. The summed E-state index contributed by atoms with van der Waals surface area (Å²) in [6.45, 7) is 6.25. The maximum absolute atomic E-state index is 12.7. The Morgan fingerprint density at radius 3 is 2.58 bits per heavy atom. The Bertz CT molecular complexity index is 919. The first-order valence-corrected chi connectivity index (χ1v) is 11.9. The van der Waals surface area contributed by atoms with E-state index in [0.717, 1.165) is 55.6 Å². The summed E-state index contributed by atoms with van der Waals surface area (Å²) in [5, 5.41) is 12.1. The van der Waals surface area contributed by atoms with Crippen LogP contribution in [0.25, 0.3) is 0 Å². The van der Waals surface area contributed by atoms with E-state index in [0.29, 0.717) is 18.7 Å². The largest absolute Gasteiger partial charge is 0.394 e. The van der Waals surface area contributed by atoms with Gasteiger partial charge in [-0.25, -0.2) is 0 Å². The van der Waals surface area contributed by atoms with Gasteiger partial charge in [0.15, 0.2) is 0 Å². The molecule has 2 N–H and O–H groups in total. The average molecular weight is 453 g/mol. The first kappa shape index (κ1) is 24.9. The number of aliphatic hydroxyl groups excluding tert-OH is 1. The number of carbonyl (C=O) groups excluding carboxylic acids is 2. The molecule has 178 valence electrons. The van der Waals surface area contributed by atoms with E-state index in [2.05, 4.69) is 21.3 Å². The van der Waals surface area contributed by atoms with Gasteiger partial charge >= 0.3 is 0 Å². The van der Waals surface area contributed by atoms with Gasteiger partial charge in [-0.3, -0.25) is 19.5 Å². The zero-order valence-corrected chi connectivity index (χ0v) is 19.8. The molecule has 0 saturated carbocycles. The number of pyridine rings is 1. The molecule has 2 aromatic rings. The summed E-state index contributed by atoms with van der Waals surface area (Å²) in [5.41, 5.74) is 3.50. The Morgan fingerprint density at radius 2 is 1.88 bits per heavy atom. The van der Waals surface area contributed by atoms with E-state index in [9.17, 15) is 14.7 Å². The summed E-state index contributed by atoms with van der Waals surface area (Å²) in [6.07, 6.45) is 9.17. The van der Waals surface area contributed by atoms with Crippen molar-refractivity contribution >= 4 is 17.5 Å². The third kappa shape index (κ3) is 7.37. The van der Waals surface area contributed by atoms with Crippen molar-refractivity contribution in [2.75, 3.05) is 24.6 Å². The van der Waals surface area contributed by atoms with Gasteiger partial charge in [-0.15, -0.1) is 0 Å². The van der Waals surface area contributed by atoms with Gasteiger partial charge < -0.3 is 15.3 Å². The van der Waals surface area contributed by atoms with Gasteiger partial charge in [0.25, 0.3) is 5.91 Å². The Morgan fingerprint density at radius 1 is 1.12 bits per heavy atom. The number of rotatable bonds is 5. The summed E-state index contributed by atoms with van der Waals surface area (Å²) in [5.74, 6) is -0.211. The highest BCUT2D eigenvalue weighted by atomic mass is 16.3. The maximum atomic E-state index is 12.7. The maximum Gasteiger partial charge on any atom is 0.251 e. The molecule has 0 aliphatic carbocycles. The molecule has 0 saturated heterocycles. The van der Waals surface area contributed by atoms with Gasteiger partial charge in [0.1, 0.15) is 0 Å². The number of nitrogens with one attached hydrogen (secondary N) is 1. The van der Waals surface area contributed by atoms with Crippen molar-refractivity contribution in [2.45, 2.75) is 65.1 Å². The molecular weight excluding hydrogens is 416 g/mol. The number of anilines is 1. The zero-order valence-electron chi connectivity index (χ0n) is 19.8. The van der Waals surface area contributed by atoms with Crippen molar-refractivity contribution in [2.24, 2.45) is 0 Å². The van der Waals surface area contributed by atoms with Gasteiger partial charge in [0, 0.05) is 56.2 Å². The Labute approximate surface area is 196 Å². The minimum Gasteiger partial charge on any atom is -0.394 e. The van der Waals surface area contributed by atoms with Crippen LogP contribution in [0.3, 0.4) is 0 Å². The van der Waals surface area contributed by atoms with E-state index >= 15 is 0 Å². The van der Waals surface area contributed by atoms with Crippen LogP contribution in [0.1, 0.15) is 67.4 Å². The molecule has 1 aromatic heterocycles. The van der Waals surface area contributed by atoms with Gasteiger partial charge in [-0.05, 0) is 61.7 Å². The average Bonchev–Trinajstić information content (AvgIpc) is 2.80. The molecular formula is C26H36N4O3. The van der Waals surface area contributed by atoms with Gasteiger partial charge in [-0.2, -0.15) is 0 Å². The number of aromatic nitrogens is 1. The van der Waals surface area contributed by atoms with Gasteiger partial charge in [0.05, 0.1) is 6.61 Å². The van der Waals surface area contributed by atoms with Gasteiger partial charge in [0.2, 0.25) is 5.91 Å². The van der Waals surface area contributed by atoms with Crippen LogP contribution in [0.2, 0.25) is 0 Å². The highest BCUT2D eigenvalue weighted by molar-refractivity contribution is 5.97. The quantitative estimate of drug-likeness (QED) is 0.725. The molecule has 2 amide bonds. The lowest BCUT2D eigenvalue weighted by Crippen LogP contribution is -2.35. The number of amides is 2. The summed E-state index contributed by atoms with van der Waals surface area (Å²) in [4.78, 5) is 33.8. The molecule has 1 aliphatic rings. The highest BCUT2D eigenvalue weighted by Crippen LogP contribution is 2.26. The molecule has 7 heteroatoms. The smallest absolute Gasteiger partial charge is 0.251 e. The molecule has 0 radical (unpaired) electrons. The van der Waals surface area contributed by atoms with Crippen molar-refractivity contribution < 1.29 is 14.7 Å². The fourth-order valence-corrected chi connectivity index (χ4v) is 4.26. The Kier molecular flexibility index (Phi) is 9.39. The zero-order chi connectivity index (χ0) is 23.6. The topological polar surface area (TPSA) is 85.8 Å². The summed E-state index contributed by atoms with van der Waals surface area (Å²) >= 11 is 0. The van der Waals surface area contributed by atoms with E-state index in [1.165, 1.54) is 6.42 Å². The normalized spacial score (nSPS) is 16.8. The lowest BCUT2D eigenvalue weighted by Gasteiger charge is -2.29. The van der Waals surface area contributed by atoms with E-state index in [1.807, 2.05) is 29.3 Å². The molecule has 3 rings (SSSR count). The molecule has 7 nitrogen and oxygen atoms in total. The van der Waals surface area contributed by atoms with Crippen LogP contribution in [0.4, 0.5) is 5.69 Å². The van der Waals surface area contributed by atoms with Crippen molar-refractivity contribution in [1.82, 2.24) is 15.2 Å². The standard InChI is InChI=1S/C26H36N4O3/c1-20(19-31)28-26(33)23-10-11-25-24(15-23)18-29(17-22-9-8-12-27-16-22)13-6-4-3-5-7-14-30(25)21(2)32/h8-12,15-16,20,31H,3-7,13-14,17-19H2,1-2H3,(H,28,33)/t20-/m0/s1. The van der Waals surface area contributed by atoms with E-state index < -0.39 is 0 Å². The second-order valence-electron chi connectivity index (χ2n) is 8.91. The monoisotopic (exact) mass is 452 g/mol. The molecule has 1 aromatic carbocycles. The highest BCUT2D eigenvalue weighted by Gasteiger charge is 2.20. The molecule has 33 heavy (non-hydrogen) atoms. The SMILES string of the molecule is CC(=O)N1CCCCCCCN(Cc2cccnc2)Cc2cc(C(=O)N[C@@H](C)CO)ccc21. The summed E-state index contributed by atoms with van der Waals surface area (Å²) in [6, 6.07) is 9.25. The minimum absolute atomic E-state index is 0.0122. The number of fused-ring (bicyclic) bond motifs is 1. The number of hydrogen-bond donors (Lipinski definition) is 2. The minimum atomic E-state index is -0.325. The molecule has 1 atom stereocenters. The number of benzene rings is 1. The first-order valence-electron chi connectivity index (χ1n) is 11.9. The molecule has 0 fully saturated rings. The predicted octanol–water partition coefficient (Wildman–Crippen LogP) is 3.51. The second-order valence-corrected chi connectivity index (χ2v) is 8.91. The molecule has 2 heterocycles. The van der Waals surface area contributed by atoms with Crippen LogP contribution < -0.4 is 10.2 Å². The predicted molar refractivity (Wildman–Crippen MR) is 130 cm³/mol. The van der Waals surface area contributed by atoms with Crippen LogP contribution in [-0.2, 0) is 17.9 Å². The lowest BCUT2D eigenvalue weighted by molar-refractivity contribution is -0.116. The molecule has 0 unspecified atom stereocenters. The van der Waals surface area contributed by atoms with Crippen molar-refractivity contribution in [1.29, 1.82) is 0 Å². The first-order chi connectivity index (χ1) is 16.0. The van der Waals surface area contributed by atoms with Crippen LogP contribution in [0.15, 0.2) is 42.7 Å². The fraction of sp³-hybridized carbons (Fsp3) is 0.500. The van der Waals surface area contributed by atoms with E-state index in [4.69, 9.17) is 0 Å². The van der Waals surface area contributed by atoms with Crippen molar-refractivity contribution in [3.63, 3.8) is 0 Å². The number of carbonyl (C=O) groups is 2. The third-order valence-corrected chi connectivity index (χ3v) is 6.04. The van der Waals surface area contributed by atoms with Gasteiger partial charge in [-0.1, -0.05) is 25.3 Å². The van der Waals surface area contributed by atoms with Crippen molar-refractivity contribution in [3.05, 3.63) is 59.4 Å². The van der Waals surface area contributed by atoms with Crippen LogP contribution in [0.5, 0.6) is 0 Å². The molecule has 1 aliphatic heterocycles. The second kappa shape index (κ2) is 12.5. The summed E-state index contributed by atoms with van der Waals surface area (Å²) in [7, 11) is 0. The number of hydrogen-bond acceptors (Lipinski definition) is 5. The lowest BCUT2D eigenvalue weighted by atomic mass is 10.0. The Balaban J connectivity index is 1.96. The number of nitrogens with zero attached hydrogens (tertiary/aromatic N) is 3. The molecule has 0 bridgehead atoms. The Hall–Kier alpha value is -2.77. The van der Waals surface area contributed by atoms with Crippen LogP contribution in [0, 0.1) is 0 Å². The van der Waals surface area contributed by atoms with Crippen LogP contribution in [-0.4, -0.2) is 52.5 Å². The fourth-order valence-electron chi connectivity index (χ4n) is 4.26. The third-order valence-electron chi connectivity index (χ3n) is 6.04.